The van der Waals surface area contributed by atoms with E-state index in [0.29, 0.717) is 13.0 Å². The van der Waals surface area contributed by atoms with Gasteiger partial charge < -0.3 is 19.3 Å². The van der Waals surface area contributed by atoms with Crippen LogP contribution < -0.4 is 9.47 Å². The van der Waals surface area contributed by atoms with Crippen LogP contribution in [0, 0.1) is 0 Å². The third kappa shape index (κ3) is 3.35. The van der Waals surface area contributed by atoms with Crippen LogP contribution in [-0.2, 0) is 17.8 Å². The Hall–Kier alpha value is -1.26. The van der Waals surface area contributed by atoms with Gasteiger partial charge in [0.2, 0.25) is 0 Å². The van der Waals surface area contributed by atoms with Crippen molar-refractivity contribution in [1.82, 2.24) is 0 Å². The molecule has 17 heavy (non-hydrogen) atoms. The van der Waals surface area contributed by atoms with Crippen molar-refractivity contribution in [2.45, 2.75) is 26.1 Å². The molecule has 0 saturated heterocycles. The summed E-state index contributed by atoms with van der Waals surface area (Å²) in [5.74, 6) is 1.45. The molecular weight excluding hydrogens is 220 g/mol. The van der Waals surface area contributed by atoms with E-state index in [9.17, 15) is 5.11 Å². The fraction of sp³-hybridized carbons (Fsp3) is 0.538. The molecule has 0 spiro atoms. The van der Waals surface area contributed by atoms with Gasteiger partial charge in [0, 0.05) is 24.7 Å². The molecular formula is C13H20O4. The topological polar surface area (TPSA) is 47.9 Å². The van der Waals surface area contributed by atoms with E-state index >= 15 is 0 Å². The van der Waals surface area contributed by atoms with Gasteiger partial charge in [0.15, 0.2) is 0 Å². The van der Waals surface area contributed by atoms with E-state index < -0.39 is 6.10 Å². The van der Waals surface area contributed by atoms with Crippen molar-refractivity contribution in [3.8, 4) is 11.5 Å². The van der Waals surface area contributed by atoms with E-state index in [4.69, 9.17) is 14.2 Å². The number of hydrogen-bond donors (Lipinski definition) is 1. The molecule has 0 heterocycles. The van der Waals surface area contributed by atoms with Gasteiger partial charge >= 0.3 is 0 Å². The minimum Gasteiger partial charge on any atom is -0.496 e. The van der Waals surface area contributed by atoms with E-state index in [2.05, 4.69) is 0 Å². The first kappa shape index (κ1) is 13.8. The number of methoxy groups -OCH3 is 3. The Morgan fingerprint density at radius 1 is 1.18 bits per heavy atom. The second-order valence-corrected chi connectivity index (χ2v) is 3.92. The number of aliphatic hydroxyl groups excluding tert-OH is 1. The maximum atomic E-state index is 9.52. The van der Waals surface area contributed by atoms with Crippen LogP contribution in [0.2, 0.25) is 0 Å². The van der Waals surface area contributed by atoms with Gasteiger partial charge in [0.25, 0.3) is 0 Å². The lowest BCUT2D eigenvalue weighted by Gasteiger charge is -2.17. The third-order valence-corrected chi connectivity index (χ3v) is 2.52. The highest BCUT2D eigenvalue weighted by atomic mass is 16.5. The molecule has 0 fully saturated rings. The molecule has 0 saturated carbocycles. The highest BCUT2D eigenvalue weighted by Gasteiger charge is 2.16. The Morgan fingerprint density at radius 2 is 1.88 bits per heavy atom. The summed E-state index contributed by atoms with van der Waals surface area (Å²) in [6.07, 6.45) is 0.0415. The maximum Gasteiger partial charge on any atom is 0.131 e. The quantitative estimate of drug-likeness (QED) is 0.823. The molecule has 1 rings (SSSR count). The SMILES string of the molecule is COCc1ccc(OC)c(CC(C)O)c1OC. The molecule has 4 nitrogen and oxygen atoms in total. The molecule has 0 bridgehead atoms. The van der Waals surface area contributed by atoms with E-state index in [0.717, 1.165) is 22.6 Å². The summed E-state index contributed by atoms with van der Waals surface area (Å²) in [4.78, 5) is 0. The monoisotopic (exact) mass is 240 g/mol. The highest BCUT2D eigenvalue weighted by molar-refractivity contribution is 5.50. The van der Waals surface area contributed by atoms with Gasteiger partial charge in [-0.25, -0.2) is 0 Å². The summed E-state index contributed by atoms with van der Waals surface area (Å²) in [5, 5.41) is 9.52. The minimum absolute atomic E-state index is 0.449. The number of benzene rings is 1. The zero-order valence-electron chi connectivity index (χ0n) is 10.8. The van der Waals surface area contributed by atoms with E-state index in [1.165, 1.54) is 0 Å². The van der Waals surface area contributed by atoms with Crippen LogP contribution in [0.25, 0.3) is 0 Å². The Morgan fingerprint density at radius 3 is 2.35 bits per heavy atom. The first-order valence-electron chi connectivity index (χ1n) is 5.53. The summed E-state index contributed by atoms with van der Waals surface area (Å²) in [7, 11) is 4.85. The lowest BCUT2D eigenvalue weighted by molar-refractivity contribution is 0.179. The molecule has 4 heteroatoms. The number of hydrogen-bond acceptors (Lipinski definition) is 4. The molecule has 1 aromatic rings. The maximum absolute atomic E-state index is 9.52. The Balaban J connectivity index is 3.21. The van der Waals surface area contributed by atoms with Gasteiger partial charge in [-0.1, -0.05) is 0 Å². The van der Waals surface area contributed by atoms with Crippen molar-refractivity contribution in [2.75, 3.05) is 21.3 Å². The second-order valence-electron chi connectivity index (χ2n) is 3.92. The molecule has 0 radical (unpaired) electrons. The molecule has 0 aliphatic rings. The van der Waals surface area contributed by atoms with Crippen molar-refractivity contribution in [1.29, 1.82) is 0 Å². The van der Waals surface area contributed by atoms with Gasteiger partial charge in [-0.3, -0.25) is 0 Å². The molecule has 0 amide bonds. The molecule has 96 valence electrons. The van der Waals surface area contributed by atoms with Crippen LogP contribution in [0.5, 0.6) is 11.5 Å². The molecule has 1 atom stereocenters. The zero-order valence-corrected chi connectivity index (χ0v) is 10.8. The molecule has 0 aliphatic heterocycles. The molecule has 0 aromatic heterocycles. The van der Waals surface area contributed by atoms with Gasteiger partial charge in [-0.15, -0.1) is 0 Å². The van der Waals surface area contributed by atoms with Crippen LogP contribution in [-0.4, -0.2) is 32.5 Å². The van der Waals surface area contributed by atoms with E-state index in [1.807, 2.05) is 12.1 Å². The first-order valence-corrected chi connectivity index (χ1v) is 5.53. The Labute approximate surface area is 102 Å². The van der Waals surface area contributed by atoms with Crippen molar-refractivity contribution >= 4 is 0 Å². The predicted octanol–water partition coefficient (Wildman–Crippen LogP) is 1.77. The molecule has 0 aliphatic carbocycles. The van der Waals surface area contributed by atoms with Crippen LogP contribution in [0.3, 0.4) is 0 Å². The van der Waals surface area contributed by atoms with Crippen molar-refractivity contribution in [3.05, 3.63) is 23.3 Å². The smallest absolute Gasteiger partial charge is 0.131 e. The average Bonchev–Trinajstić information content (AvgIpc) is 2.29. The Kier molecular flexibility index (Phi) is 5.25. The Bertz CT molecular complexity index is 361. The fourth-order valence-corrected chi connectivity index (χ4v) is 1.86. The average molecular weight is 240 g/mol. The van der Waals surface area contributed by atoms with Crippen LogP contribution in [0.15, 0.2) is 12.1 Å². The summed E-state index contributed by atoms with van der Waals surface area (Å²) >= 11 is 0. The second kappa shape index (κ2) is 6.47. The lowest BCUT2D eigenvalue weighted by atomic mass is 10.0. The summed E-state index contributed by atoms with van der Waals surface area (Å²) in [6.45, 7) is 2.21. The first-order chi connectivity index (χ1) is 8.13. The number of aliphatic hydroxyl groups is 1. The number of ether oxygens (including phenoxy) is 3. The zero-order chi connectivity index (χ0) is 12.8. The van der Waals surface area contributed by atoms with Crippen molar-refractivity contribution < 1.29 is 19.3 Å². The third-order valence-electron chi connectivity index (χ3n) is 2.52. The molecule has 1 aromatic carbocycles. The van der Waals surface area contributed by atoms with E-state index in [-0.39, 0.29) is 0 Å². The van der Waals surface area contributed by atoms with Gasteiger partial charge in [0.1, 0.15) is 11.5 Å². The fourth-order valence-electron chi connectivity index (χ4n) is 1.86. The predicted molar refractivity (Wildman–Crippen MR) is 65.6 cm³/mol. The van der Waals surface area contributed by atoms with Gasteiger partial charge in [0.05, 0.1) is 26.9 Å². The van der Waals surface area contributed by atoms with Crippen molar-refractivity contribution in [3.63, 3.8) is 0 Å². The van der Waals surface area contributed by atoms with E-state index in [1.54, 1.807) is 28.3 Å². The largest absolute Gasteiger partial charge is 0.496 e. The summed E-state index contributed by atoms with van der Waals surface area (Å²) in [6, 6.07) is 3.78. The molecule has 1 unspecified atom stereocenters. The van der Waals surface area contributed by atoms with Crippen LogP contribution >= 0.6 is 0 Å². The molecule has 1 N–H and O–H groups in total. The summed E-state index contributed by atoms with van der Waals surface area (Å²) < 4.78 is 15.8. The van der Waals surface area contributed by atoms with Gasteiger partial charge in [-0.05, 0) is 19.1 Å². The van der Waals surface area contributed by atoms with Crippen LogP contribution in [0.1, 0.15) is 18.1 Å². The summed E-state index contributed by atoms with van der Waals surface area (Å²) in [5.41, 5.74) is 1.83. The normalized spacial score (nSPS) is 12.3. The highest BCUT2D eigenvalue weighted by Crippen LogP contribution is 2.33. The lowest BCUT2D eigenvalue weighted by Crippen LogP contribution is -2.09. The minimum atomic E-state index is -0.449. The number of rotatable bonds is 6. The van der Waals surface area contributed by atoms with Gasteiger partial charge in [-0.2, -0.15) is 0 Å². The van der Waals surface area contributed by atoms with Crippen LogP contribution in [0.4, 0.5) is 0 Å². The standard InChI is InChI=1S/C13H20O4/c1-9(14)7-11-12(16-3)6-5-10(8-15-2)13(11)17-4/h5-6,9,14H,7-8H2,1-4H3. The van der Waals surface area contributed by atoms with Crippen molar-refractivity contribution in [2.24, 2.45) is 0 Å².